The molecule has 0 aromatic heterocycles. The van der Waals surface area contributed by atoms with Crippen molar-refractivity contribution in [3.63, 3.8) is 0 Å². The Bertz CT molecular complexity index is 460. The Labute approximate surface area is 113 Å². The highest BCUT2D eigenvalue weighted by atomic mass is 16.5. The summed E-state index contributed by atoms with van der Waals surface area (Å²) in [7, 11) is 0. The standard InChI is InChI=1S/C14H20N2O3/c1-10-9-12(11(2)17)3-4-13(10)19-8-7-16-6-5-15-14(16)18/h3-4,9,11,17H,5-8H2,1-2H3,(H,15,18)/t11-/m1/s1. The Morgan fingerprint density at radius 1 is 1.53 bits per heavy atom. The predicted molar refractivity (Wildman–Crippen MR) is 72.3 cm³/mol. The van der Waals surface area contributed by atoms with Crippen LogP contribution in [0.25, 0.3) is 0 Å². The molecule has 1 saturated heterocycles. The number of ether oxygens (including phenoxy) is 1. The van der Waals surface area contributed by atoms with Gasteiger partial charge in [0.2, 0.25) is 0 Å². The molecule has 1 aliphatic rings. The highest BCUT2D eigenvalue weighted by Crippen LogP contribution is 2.22. The molecular formula is C14H20N2O3. The number of urea groups is 1. The van der Waals surface area contributed by atoms with Gasteiger partial charge in [0.15, 0.2) is 0 Å². The minimum atomic E-state index is -0.471. The average Bonchev–Trinajstić information content (AvgIpc) is 2.77. The first-order chi connectivity index (χ1) is 9.08. The van der Waals surface area contributed by atoms with Crippen molar-refractivity contribution in [1.82, 2.24) is 10.2 Å². The molecule has 0 aliphatic carbocycles. The molecule has 1 aromatic carbocycles. The van der Waals surface area contributed by atoms with Crippen LogP contribution in [0.3, 0.4) is 0 Å². The largest absolute Gasteiger partial charge is 0.491 e. The third-order valence-electron chi connectivity index (χ3n) is 3.25. The quantitative estimate of drug-likeness (QED) is 0.846. The van der Waals surface area contributed by atoms with Gasteiger partial charge in [-0.05, 0) is 37.1 Å². The lowest BCUT2D eigenvalue weighted by Crippen LogP contribution is -2.31. The molecule has 2 amide bonds. The van der Waals surface area contributed by atoms with Crippen LogP contribution in [0.1, 0.15) is 24.2 Å². The van der Waals surface area contributed by atoms with Gasteiger partial charge in [-0.15, -0.1) is 0 Å². The molecule has 0 spiro atoms. The van der Waals surface area contributed by atoms with E-state index >= 15 is 0 Å². The lowest BCUT2D eigenvalue weighted by molar-refractivity contribution is 0.197. The number of carbonyl (C=O) groups is 1. The number of benzene rings is 1. The number of aryl methyl sites for hydroxylation is 1. The molecule has 1 atom stereocenters. The second-order valence-electron chi connectivity index (χ2n) is 4.77. The summed E-state index contributed by atoms with van der Waals surface area (Å²) in [5.41, 5.74) is 1.87. The van der Waals surface area contributed by atoms with Crippen molar-refractivity contribution in [2.75, 3.05) is 26.2 Å². The van der Waals surface area contributed by atoms with Crippen LogP contribution < -0.4 is 10.1 Å². The monoisotopic (exact) mass is 264 g/mol. The van der Waals surface area contributed by atoms with E-state index in [1.54, 1.807) is 11.8 Å². The number of aliphatic hydroxyl groups excluding tert-OH is 1. The minimum Gasteiger partial charge on any atom is -0.491 e. The summed E-state index contributed by atoms with van der Waals surface area (Å²) in [4.78, 5) is 13.1. The maximum Gasteiger partial charge on any atom is 0.317 e. The minimum absolute atomic E-state index is 0.0234. The lowest BCUT2D eigenvalue weighted by atomic mass is 10.1. The second kappa shape index (κ2) is 5.93. The Morgan fingerprint density at radius 2 is 2.32 bits per heavy atom. The van der Waals surface area contributed by atoms with Crippen molar-refractivity contribution in [2.45, 2.75) is 20.0 Å². The molecule has 1 fully saturated rings. The summed E-state index contributed by atoms with van der Waals surface area (Å²) in [5, 5.41) is 12.2. The van der Waals surface area contributed by atoms with Gasteiger partial charge in [0.05, 0.1) is 12.6 Å². The molecule has 1 aromatic rings. The van der Waals surface area contributed by atoms with Crippen LogP contribution in [0.15, 0.2) is 18.2 Å². The molecule has 5 heteroatoms. The third-order valence-corrected chi connectivity index (χ3v) is 3.25. The third kappa shape index (κ3) is 3.38. The molecule has 0 unspecified atom stereocenters. The van der Waals surface area contributed by atoms with Gasteiger partial charge in [-0.1, -0.05) is 6.07 Å². The molecule has 0 radical (unpaired) electrons. The van der Waals surface area contributed by atoms with E-state index in [9.17, 15) is 9.90 Å². The molecular weight excluding hydrogens is 244 g/mol. The van der Waals surface area contributed by atoms with E-state index in [4.69, 9.17) is 4.74 Å². The van der Waals surface area contributed by atoms with Gasteiger partial charge in [-0.3, -0.25) is 0 Å². The maximum atomic E-state index is 11.3. The number of rotatable bonds is 5. The van der Waals surface area contributed by atoms with Gasteiger partial charge in [-0.25, -0.2) is 4.79 Å². The molecule has 0 bridgehead atoms. The predicted octanol–water partition coefficient (Wildman–Crippen LogP) is 1.45. The van der Waals surface area contributed by atoms with Gasteiger partial charge >= 0.3 is 6.03 Å². The van der Waals surface area contributed by atoms with E-state index < -0.39 is 6.10 Å². The first-order valence-electron chi connectivity index (χ1n) is 6.52. The molecule has 2 rings (SSSR count). The Kier molecular flexibility index (Phi) is 4.27. The summed E-state index contributed by atoms with van der Waals surface area (Å²) in [6.07, 6.45) is -0.471. The van der Waals surface area contributed by atoms with Crippen molar-refractivity contribution < 1.29 is 14.6 Å². The summed E-state index contributed by atoms with van der Waals surface area (Å²) in [6.45, 7) is 6.19. The molecule has 2 N–H and O–H groups in total. The van der Waals surface area contributed by atoms with Crippen molar-refractivity contribution in [3.8, 4) is 5.75 Å². The fraction of sp³-hybridized carbons (Fsp3) is 0.500. The Balaban J connectivity index is 1.87. The van der Waals surface area contributed by atoms with Crippen LogP contribution in [0.2, 0.25) is 0 Å². The first-order valence-corrected chi connectivity index (χ1v) is 6.52. The summed E-state index contributed by atoms with van der Waals surface area (Å²) >= 11 is 0. The zero-order valence-electron chi connectivity index (χ0n) is 11.3. The van der Waals surface area contributed by atoms with Crippen molar-refractivity contribution in [1.29, 1.82) is 0 Å². The molecule has 104 valence electrons. The fourth-order valence-electron chi connectivity index (χ4n) is 2.08. The van der Waals surface area contributed by atoms with E-state index in [1.807, 2.05) is 25.1 Å². The van der Waals surface area contributed by atoms with Gasteiger partial charge in [0, 0.05) is 13.1 Å². The summed E-state index contributed by atoms with van der Waals surface area (Å²) in [6, 6.07) is 5.62. The zero-order chi connectivity index (χ0) is 13.8. The number of aliphatic hydroxyl groups is 1. The van der Waals surface area contributed by atoms with E-state index in [-0.39, 0.29) is 6.03 Å². The average molecular weight is 264 g/mol. The highest BCUT2D eigenvalue weighted by Gasteiger charge is 2.18. The van der Waals surface area contributed by atoms with E-state index in [0.29, 0.717) is 19.7 Å². The molecule has 19 heavy (non-hydrogen) atoms. The van der Waals surface area contributed by atoms with E-state index in [0.717, 1.165) is 23.4 Å². The van der Waals surface area contributed by atoms with Crippen LogP contribution >= 0.6 is 0 Å². The van der Waals surface area contributed by atoms with E-state index in [2.05, 4.69) is 5.32 Å². The van der Waals surface area contributed by atoms with E-state index in [1.165, 1.54) is 0 Å². The maximum absolute atomic E-state index is 11.3. The van der Waals surface area contributed by atoms with Crippen molar-refractivity contribution >= 4 is 6.03 Å². The first kappa shape index (κ1) is 13.7. The number of hydrogen-bond acceptors (Lipinski definition) is 3. The summed E-state index contributed by atoms with van der Waals surface area (Å²) < 4.78 is 5.68. The van der Waals surface area contributed by atoms with Gasteiger partial charge in [-0.2, -0.15) is 0 Å². The number of amides is 2. The second-order valence-corrected chi connectivity index (χ2v) is 4.77. The molecule has 1 heterocycles. The normalized spacial score (nSPS) is 16.4. The SMILES string of the molecule is Cc1cc([C@@H](C)O)ccc1OCCN1CCNC1=O. The number of nitrogens with zero attached hydrogens (tertiary/aromatic N) is 1. The van der Waals surface area contributed by atoms with Crippen LogP contribution in [0, 0.1) is 6.92 Å². The number of carbonyl (C=O) groups excluding carboxylic acids is 1. The van der Waals surface area contributed by atoms with Crippen LogP contribution in [-0.2, 0) is 0 Å². The van der Waals surface area contributed by atoms with Crippen molar-refractivity contribution in [2.24, 2.45) is 0 Å². The molecule has 5 nitrogen and oxygen atoms in total. The smallest absolute Gasteiger partial charge is 0.317 e. The van der Waals surface area contributed by atoms with Gasteiger partial charge < -0.3 is 20.1 Å². The van der Waals surface area contributed by atoms with Crippen LogP contribution in [-0.4, -0.2) is 42.3 Å². The Morgan fingerprint density at radius 3 is 2.89 bits per heavy atom. The number of nitrogens with one attached hydrogen (secondary N) is 1. The lowest BCUT2D eigenvalue weighted by Gasteiger charge is -2.16. The fourth-order valence-corrected chi connectivity index (χ4v) is 2.08. The summed E-state index contributed by atoms with van der Waals surface area (Å²) in [5.74, 6) is 0.795. The number of hydrogen-bond donors (Lipinski definition) is 2. The van der Waals surface area contributed by atoms with Crippen molar-refractivity contribution in [3.05, 3.63) is 29.3 Å². The topological polar surface area (TPSA) is 61.8 Å². The highest BCUT2D eigenvalue weighted by molar-refractivity contribution is 5.76. The van der Waals surface area contributed by atoms with Crippen LogP contribution in [0.4, 0.5) is 4.79 Å². The molecule has 0 saturated carbocycles. The zero-order valence-corrected chi connectivity index (χ0v) is 11.3. The van der Waals surface area contributed by atoms with Gasteiger partial charge in [0.1, 0.15) is 12.4 Å². The molecule has 1 aliphatic heterocycles. The van der Waals surface area contributed by atoms with Crippen LogP contribution in [0.5, 0.6) is 5.75 Å². The Hall–Kier alpha value is -1.75. The van der Waals surface area contributed by atoms with Gasteiger partial charge in [0.25, 0.3) is 0 Å².